The molecule has 1 aliphatic heterocycles. The lowest BCUT2D eigenvalue weighted by Crippen LogP contribution is -2.45. The molecule has 2 heterocycles. The molecular formula is C26H25FN4O. The zero-order valence-corrected chi connectivity index (χ0v) is 18.0. The van der Waals surface area contributed by atoms with Crippen LogP contribution in [-0.4, -0.2) is 33.9 Å². The van der Waals surface area contributed by atoms with E-state index < -0.39 is 5.41 Å². The molecule has 3 aromatic rings. The molecule has 32 heavy (non-hydrogen) atoms. The SMILES string of the molecule is CC[C@@H](c1ccc(F)cc1)C1(C#N)CCN(C(=O)c2ccccc2-c2ccncn2)CC1. The molecule has 5 nitrogen and oxygen atoms in total. The molecule has 1 aliphatic rings. The maximum atomic E-state index is 13.4. The predicted octanol–water partition coefficient (Wildman–Crippen LogP) is 5.22. The molecule has 1 fully saturated rings. The van der Waals surface area contributed by atoms with Crippen molar-refractivity contribution >= 4 is 5.91 Å². The Morgan fingerprint density at radius 2 is 1.88 bits per heavy atom. The number of amides is 1. The third-order valence-corrected chi connectivity index (χ3v) is 6.53. The summed E-state index contributed by atoms with van der Waals surface area (Å²) in [4.78, 5) is 23.5. The maximum Gasteiger partial charge on any atom is 0.254 e. The van der Waals surface area contributed by atoms with Crippen molar-refractivity contribution in [1.82, 2.24) is 14.9 Å². The van der Waals surface area contributed by atoms with Crippen LogP contribution in [0.25, 0.3) is 11.3 Å². The van der Waals surface area contributed by atoms with Crippen molar-refractivity contribution in [1.29, 1.82) is 5.26 Å². The summed E-state index contributed by atoms with van der Waals surface area (Å²) in [6.07, 6.45) is 5.08. The first-order chi connectivity index (χ1) is 15.6. The second-order valence-corrected chi connectivity index (χ2v) is 8.21. The number of carbonyl (C=O) groups excluding carboxylic acids is 1. The summed E-state index contributed by atoms with van der Waals surface area (Å²) < 4.78 is 13.4. The zero-order chi connectivity index (χ0) is 22.6. The highest BCUT2D eigenvalue weighted by molar-refractivity contribution is 6.00. The molecule has 2 aromatic carbocycles. The summed E-state index contributed by atoms with van der Waals surface area (Å²) in [6, 6.07) is 18.3. The molecule has 1 amide bonds. The van der Waals surface area contributed by atoms with Gasteiger partial charge in [0.05, 0.1) is 17.2 Å². The van der Waals surface area contributed by atoms with E-state index in [1.807, 2.05) is 29.2 Å². The number of rotatable bonds is 5. The van der Waals surface area contributed by atoms with Gasteiger partial charge in [-0.3, -0.25) is 4.79 Å². The minimum absolute atomic E-state index is 0.00124. The fourth-order valence-corrected chi connectivity index (χ4v) is 4.80. The number of piperidine rings is 1. The second-order valence-electron chi connectivity index (χ2n) is 8.21. The van der Waals surface area contributed by atoms with E-state index in [0.29, 0.717) is 37.2 Å². The Morgan fingerprint density at radius 3 is 2.50 bits per heavy atom. The molecule has 6 heteroatoms. The van der Waals surface area contributed by atoms with E-state index in [9.17, 15) is 14.4 Å². The van der Waals surface area contributed by atoms with Crippen LogP contribution in [0.15, 0.2) is 67.1 Å². The summed E-state index contributed by atoms with van der Waals surface area (Å²) in [5, 5.41) is 10.2. The van der Waals surface area contributed by atoms with Crippen molar-refractivity contribution in [2.24, 2.45) is 5.41 Å². The van der Waals surface area contributed by atoms with Crippen molar-refractivity contribution in [3.63, 3.8) is 0 Å². The number of hydrogen-bond acceptors (Lipinski definition) is 4. The molecule has 0 unspecified atom stereocenters. The van der Waals surface area contributed by atoms with E-state index in [2.05, 4.69) is 23.0 Å². The molecule has 0 saturated carbocycles. The number of benzene rings is 2. The molecule has 0 spiro atoms. The summed E-state index contributed by atoms with van der Waals surface area (Å²) in [5.74, 6) is -0.336. The first-order valence-electron chi connectivity index (χ1n) is 10.9. The van der Waals surface area contributed by atoms with Gasteiger partial charge in [0.25, 0.3) is 5.91 Å². The molecule has 0 radical (unpaired) electrons. The average Bonchev–Trinajstić information content (AvgIpc) is 2.86. The smallest absolute Gasteiger partial charge is 0.254 e. The third-order valence-electron chi connectivity index (χ3n) is 6.53. The van der Waals surface area contributed by atoms with Crippen molar-refractivity contribution in [2.45, 2.75) is 32.1 Å². The van der Waals surface area contributed by atoms with Gasteiger partial charge >= 0.3 is 0 Å². The molecular weight excluding hydrogens is 403 g/mol. The molecule has 162 valence electrons. The number of carbonyl (C=O) groups is 1. The lowest BCUT2D eigenvalue weighted by atomic mass is 9.66. The van der Waals surface area contributed by atoms with E-state index >= 15 is 0 Å². The van der Waals surface area contributed by atoms with Crippen LogP contribution in [0.2, 0.25) is 0 Å². The van der Waals surface area contributed by atoms with Crippen LogP contribution < -0.4 is 0 Å². The van der Waals surface area contributed by atoms with Crippen molar-refractivity contribution in [2.75, 3.05) is 13.1 Å². The van der Waals surface area contributed by atoms with Crippen LogP contribution in [-0.2, 0) is 0 Å². The quantitative estimate of drug-likeness (QED) is 0.558. The Hall–Kier alpha value is -3.59. The van der Waals surface area contributed by atoms with Gasteiger partial charge in [-0.2, -0.15) is 5.26 Å². The predicted molar refractivity (Wildman–Crippen MR) is 120 cm³/mol. The zero-order valence-electron chi connectivity index (χ0n) is 18.0. The largest absolute Gasteiger partial charge is 0.339 e. The highest BCUT2D eigenvalue weighted by atomic mass is 19.1. The fourth-order valence-electron chi connectivity index (χ4n) is 4.80. The van der Waals surface area contributed by atoms with Gasteiger partial charge in [0, 0.05) is 36.3 Å². The Bertz CT molecular complexity index is 1120. The molecule has 0 aliphatic carbocycles. The van der Waals surface area contributed by atoms with E-state index in [1.54, 1.807) is 24.4 Å². The third kappa shape index (κ3) is 4.11. The van der Waals surface area contributed by atoms with Crippen molar-refractivity contribution in [3.05, 3.63) is 84.1 Å². The average molecular weight is 429 g/mol. The van der Waals surface area contributed by atoms with E-state index in [1.165, 1.54) is 18.5 Å². The Balaban J connectivity index is 1.55. The number of aromatic nitrogens is 2. The van der Waals surface area contributed by atoms with Gasteiger partial charge in [0.15, 0.2) is 0 Å². The Morgan fingerprint density at radius 1 is 1.16 bits per heavy atom. The maximum absolute atomic E-state index is 13.4. The van der Waals surface area contributed by atoms with E-state index in [0.717, 1.165) is 17.5 Å². The minimum atomic E-state index is -0.574. The summed E-state index contributed by atoms with van der Waals surface area (Å²) in [7, 11) is 0. The van der Waals surface area contributed by atoms with Crippen LogP contribution >= 0.6 is 0 Å². The van der Waals surface area contributed by atoms with Gasteiger partial charge in [0.1, 0.15) is 12.1 Å². The molecule has 4 rings (SSSR count). The van der Waals surface area contributed by atoms with Gasteiger partial charge in [0.2, 0.25) is 0 Å². The number of likely N-dealkylation sites (tertiary alicyclic amines) is 1. The minimum Gasteiger partial charge on any atom is -0.339 e. The molecule has 1 aromatic heterocycles. The van der Waals surface area contributed by atoms with Crippen LogP contribution in [0.5, 0.6) is 0 Å². The standard InChI is InChI=1S/C26H25FN4O/c1-2-23(19-7-9-20(27)10-8-19)26(17-28)12-15-31(16-13-26)25(32)22-6-4-3-5-21(22)24-11-14-29-18-30-24/h3-11,14,18,23H,2,12-13,15-16H2,1H3/t23-/m0/s1. The van der Waals surface area contributed by atoms with Crippen LogP contribution in [0.3, 0.4) is 0 Å². The van der Waals surface area contributed by atoms with E-state index in [-0.39, 0.29) is 17.6 Å². The van der Waals surface area contributed by atoms with Crippen molar-refractivity contribution < 1.29 is 9.18 Å². The van der Waals surface area contributed by atoms with Gasteiger partial charge < -0.3 is 4.90 Å². The lowest BCUT2D eigenvalue weighted by Gasteiger charge is -2.42. The number of nitrogens with zero attached hydrogens (tertiary/aromatic N) is 4. The number of nitriles is 1. The van der Waals surface area contributed by atoms with Crippen molar-refractivity contribution in [3.8, 4) is 17.3 Å². The molecule has 1 atom stereocenters. The van der Waals surface area contributed by atoms with Crippen LogP contribution in [0.1, 0.15) is 48.0 Å². The first kappa shape index (κ1) is 21.6. The molecule has 0 bridgehead atoms. The Labute approximate surface area is 187 Å². The summed E-state index contributed by atoms with van der Waals surface area (Å²) in [5.41, 5.74) is 2.48. The van der Waals surface area contributed by atoms with E-state index in [4.69, 9.17) is 0 Å². The Kier molecular flexibility index (Phi) is 6.27. The summed E-state index contributed by atoms with van der Waals surface area (Å²) in [6.45, 7) is 3.06. The molecule has 1 saturated heterocycles. The second kappa shape index (κ2) is 9.27. The monoisotopic (exact) mass is 428 g/mol. The van der Waals surface area contributed by atoms with Gasteiger partial charge in [-0.05, 0) is 49.1 Å². The lowest BCUT2D eigenvalue weighted by molar-refractivity contribution is 0.0614. The fraction of sp³-hybridized carbons (Fsp3) is 0.308. The highest BCUT2D eigenvalue weighted by Crippen LogP contribution is 2.46. The highest BCUT2D eigenvalue weighted by Gasteiger charge is 2.43. The summed E-state index contributed by atoms with van der Waals surface area (Å²) >= 11 is 0. The normalized spacial score (nSPS) is 16.2. The topological polar surface area (TPSA) is 69.9 Å². The van der Waals surface area contributed by atoms with Crippen LogP contribution in [0.4, 0.5) is 4.39 Å². The first-order valence-corrected chi connectivity index (χ1v) is 10.9. The number of halogens is 1. The van der Waals surface area contributed by atoms with Gasteiger partial charge in [-0.15, -0.1) is 0 Å². The number of hydrogen-bond donors (Lipinski definition) is 0. The van der Waals surface area contributed by atoms with Gasteiger partial charge in [-0.1, -0.05) is 37.3 Å². The molecule has 0 N–H and O–H groups in total. The van der Waals surface area contributed by atoms with Gasteiger partial charge in [-0.25, -0.2) is 14.4 Å². The van der Waals surface area contributed by atoms with Crippen LogP contribution in [0, 0.1) is 22.6 Å².